The number of rotatable bonds is 0. The molecule has 0 bridgehead atoms. The molecule has 0 aromatic heterocycles. The molecule has 42 valence electrons. The van der Waals surface area contributed by atoms with Gasteiger partial charge in [-0.1, -0.05) is 0 Å². The molecule has 0 aromatic carbocycles. The molecule has 1 atom stereocenters. The molecule has 0 fully saturated rings. The van der Waals surface area contributed by atoms with Crippen LogP contribution in [0, 0.1) is 0 Å². The monoisotopic (exact) mass is 392 g/mol. The van der Waals surface area contributed by atoms with Crippen LogP contribution in [-0.2, 0) is 0 Å². The molecule has 2 N–H and O–H groups in total. The van der Waals surface area contributed by atoms with Gasteiger partial charge in [-0.15, -0.1) is 0 Å². The summed E-state index contributed by atoms with van der Waals surface area (Å²) in [6, 6.07) is 0. The van der Waals surface area contributed by atoms with Gasteiger partial charge in [-0.3, -0.25) is 0 Å². The third-order valence-electron chi connectivity index (χ3n) is 0. The molecule has 0 aliphatic heterocycles. The van der Waals surface area contributed by atoms with Crippen molar-refractivity contribution in [1.29, 1.82) is 0 Å². The maximum absolute atomic E-state index is 8.56. The fraction of sp³-hybridized carbons (Fsp3) is 0. The Bertz CT molecular complexity index is 37.9. The summed E-state index contributed by atoms with van der Waals surface area (Å²) < 4.78 is 0. The number of hydrogen-bond donors (Lipinski definition) is 2. The van der Waals surface area contributed by atoms with Crippen LogP contribution in [0.25, 0.3) is 0 Å². The van der Waals surface area contributed by atoms with Gasteiger partial charge < -0.3 is 10.2 Å². The molecular formula is CH9AsCaO3Pb. The zero-order valence-corrected chi connectivity index (χ0v) is 11.7. The first-order valence-corrected chi connectivity index (χ1v) is 0.651. The Kier molecular flexibility index (Phi) is 51.6. The van der Waals surface area contributed by atoms with Crippen LogP contribution in [0.5, 0.6) is 0 Å². The first-order valence-electron chi connectivity index (χ1n) is 0.651. The van der Waals surface area contributed by atoms with Crippen molar-refractivity contribution in [3.63, 3.8) is 0 Å². The molecule has 7 heavy (non-hydrogen) atoms. The number of hydrogen-bond acceptors (Lipinski definition) is 1. The van der Waals surface area contributed by atoms with Gasteiger partial charge in [0.1, 0.15) is 0 Å². The van der Waals surface area contributed by atoms with Gasteiger partial charge >= 0.3 is 89.1 Å². The van der Waals surface area contributed by atoms with Gasteiger partial charge in [0.25, 0.3) is 0 Å². The van der Waals surface area contributed by atoms with Crippen LogP contribution >= 0.6 is 0 Å². The van der Waals surface area contributed by atoms with Gasteiger partial charge in [0, 0.05) is 0 Å². The summed E-state index contributed by atoms with van der Waals surface area (Å²) in [5.41, 5.74) is 0. The Morgan fingerprint density at radius 1 is 1.29 bits per heavy atom. The van der Waals surface area contributed by atoms with E-state index in [-0.39, 0.29) is 83.0 Å². The van der Waals surface area contributed by atoms with Crippen LogP contribution < -0.4 is 0 Å². The number of carboxylic acid groups (broad SMARTS) is 2. The van der Waals surface area contributed by atoms with Crippen molar-refractivity contribution in [2.24, 2.45) is 0 Å². The second-order valence-corrected chi connectivity index (χ2v) is 0.283. The van der Waals surface area contributed by atoms with Gasteiger partial charge in [-0.2, -0.15) is 0 Å². The third kappa shape index (κ3) is 71.6. The van der Waals surface area contributed by atoms with E-state index < -0.39 is 6.16 Å². The zero-order valence-electron chi connectivity index (χ0n) is 3.22. The Morgan fingerprint density at radius 3 is 1.29 bits per heavy atom. The van der Waals surface area contributed by atoms with E-state index in [1.165, 1.54) is 0 Å². The van der Waals surface area contributed by atoms with Gasteiger partial charge in [0.15, 0.2) is 0 Å². The van der Waals surface area contributed by atoms with E-state index in [4.69, 9.17) is 15.0 Å². The molecule has 0 amide bonds. The summed E-state index contributed by atoms with van der Waals surface area (Å²) in [6.45, 7) is 0. The zero-order chi connectivity index (χ0) is 3.58. The number of carbonyl (C=O) groups is 1. The maximum atomic E-state index is 8.56. The van der Waals surface area contributed by atoms with E-state index in [1.807, 2.05) is 0 Å². The third-order valence-corrected chi connectivity index (χ3v) is 0. The first kappa shape index (κ1) is 23.0. The Hall–Kier alpha value is 2.01. The molecule has 0 spiro atoms. The standard InChI is InChI=1S/CH2O3.AsH3.Ca.Pb.4H/c2-1(3)4;;;;;;;/h(H2,2,3,4);1H3;;;;;;. The second kappa shape index (κ2) is 15.7. The Balaban J connectivity index is -0.0000000150. The van der Waals surface area contributed by atoms with E-state index in [0.717, 1.165) is 0 Å². The van der Waals surface area contributed by atoms with E-state index in [2.05, 4.69) is 0 Å². The van der Waals surface area contributed by atoms with E-state index in [9.17, 15) is 0 Å². The Morgan fingerprint density at radius 2 is 1.29 bits per heavy atom. The van der Waals surface area contributed by atoms with E-state index in [0.29, 0.717) is 0 Å². The van der Waals surface area contributed by atoms with Crippen LogP contribution in [0.2, 0.25) is 0 Å². The SMILES string of the molecule is O=C(O)O.[AsH3].[CaH2].[PbH2]. The normalized spacial score (nSPS) is 3.43. The average Bonchev–Trinajstić information content (AvgIpc) is 0.811. The fourth-order valence-electron chi connectivity index (χ4n) is 0. The summed E-state index contributed by atoms with van der Waals surface area (Å²) in [6.07, 6.45) is -1.83. The van der Waals surface area contributed by atoms with E-state index >= 15 is 0 Å². The minimum atomic E-state index is -1.83. The van der Waals surface area contributed by atoms with Crippen molar-refractivity contribution in [2.75, 3.05) is 0 Å². The molecule has 3 nitrogen and oxygen atoms in total. The molecular weight excluding hydrogens is 382 g/mol. The summed E-state index contributed by atoms with van der Waals surface area (Å²) in [5.74, 6) is 0. The van der Waals surface area contributed by atoms with Crippen molar-refractivity contribution in [1.82, 2.24) is 0 Å². The average molecular weight is 391 g/mol. The van der Waals surface area contributed by atoms with Crippen molar-refractivity contribution < 1.29 is 15.0 Å². The molecule has 0 aromatic rings. The van der Waals surface area contributed by atoms with Crippen molar-refractivity contribution in [3.05, 3.63) is 0 Å². The first-order chi connectivity index (χ1) is 1.73. The summed E-state index contributed by atoms with van der Waals surface area (Å²) in [7, 11) is 0. The van der Waals surface area contributed by atoms with Gasteiger partial charge in [-0.25, -0.2) is 4.79 Å². The van der Waals surface area contributed by atoms with Crippen LogP contribution in [0.3, 0.4) is 0 Å². The van der Waals surface area contributed by atoms with Gasteiger partial charge in [0.2, 0.25) is 0 Å². The summed E-state index contributed by atoms with van der Waals surface area (Å²) >= 11 is 0. The van der Waals surface area contributed by atoms with Crippen LogP contribution in [-0.4, -0.2) is 99.4 Å². The molecule has 0 saturated carbocycles. The molecule has 0 aliphatic rings. The quantitative estimate of drug-likeness (QED) is 0.439. The van der Waals surface area contributed by atoms with Crippen LogP contribution in [0.15, 0.2) is 0 Å². The molecule has 0 aliphatic carbocycles. The predicted molar refractivity (Wildman–Crippen MR) is 37.7 cm³/mol. The molecule has 2 radical (unpaired) electrons. The molecule has 6 heteroatoms. The molecule has 0 saturated heterocycles. The van der Waals surface area contributed by atoms with Gasteiger partial charge in [0.05, 0.1) is 0 Å². The molecule has 1 unspecified atom stereocenters. The molecule has 0 rings (SSSR count). The fourth-order valence-corrected chi connectivity index (χ4v) is 0. The topological polar surface area (TPSA) is 57.5 Å². The van der Waals surface area contributed by atoms with Crippen LogP contribution in [0.4, 0.5) is 4.79 Å². The predicted octanol–water partition coefficient (Wildman–Crippen LogP) is -2.79. The minimum absolute atomic E-state index is 0. The van der Waals surface area contributed by atoms with E-state index in [1.54, 1.807) is 0 Å². The summed E-state index contributed by atoms with van der Waals surface area (Å²) in [5, 5.41) is 13.9. The molecule has 0 heterocycles. The second-order valence-electron chi connectivity index (χ2n) is 0.283. The van der Waals surface area contributed by atoms with Crippen molar-refractivity contribution in [3.8, 4) is 0 Å². The van der Waals surface area contributed by atoms with Crippen molar-refractivity contribution >= 4 is 89.1 Å². The van der Waals surface area contributed by atoms with Gasteiger partial charge in [-0.05, 0) is 0 Å². The van der Waals surface area contributed by atoms with Crippen molar-refractivity contribution in [2.45, 2.75) is 0 Å². The Labute approximate surface area is 102 Å². The summed E-state index contributed by atoms with van der Waals surface area (Å²) in [4.78, 5) is 8.56. The van der Waals surface area contributed by atoms with Crippen LogP contribution in [0.1, 0.15) is 0 Å².